The Hall–Kier alpha value is -4.64. The number of nitriles is 1. The number of ether oxygens (including phenoxy) is 5. The molecular weight excluding hydrogens is 484 g/mol. The minimum absolute atomic E-state index is 0.0116. The van der Waals surface area contributed by atoms with Crippen LogP contribution in [-0.4, -0.2) is 26.3 Å². The maximum atomic E-state index is 12.7. The number of esters is 1. The molecule has 4 rings (SSSR count). The molecule has 38 heavy (non-hydrogen) atoms. The average Bonchev–Trinajstić information content (AvgIpc) is 2.93. The predicted molar refractivity (Wildman–Crippen MR) is 142 cm³/mol. The lowest BCUT2D eigenvalue weighted by molar-refractivity contribution is 0.0734. The number of allylic oxidation sites excluding steroid dienone is 1. The summed E-state index contributed by atoms with van der Waals surface area (Å²) in [6, 6.07) is 19.5. The van der Waals surface area contributed by atoms with Crippen LogP contribution in [0.4, 0.5) is 0 Å². The number of fused-ring (bicyclic) bond motifs is 1. The second-order valence-corrected chi connectivity index (χ2v) is 8.59. The third-order valence-corrected chi connectivity index (χ3v) is 6.06. The summed E-state index contributed by atoms with van der Waals surface area (Å²) in [7, 11) is 1.53. The van der Waals surface area contributed by atoms with Crippen LogP contribution in [0.2, 0.25) is 0 Å². The van der Waals surface area contributed by atoms with Crippen molar-refractivity contribution in [2.75, 3.05) is 20.3 Å². The Bertz CT molecular complexity index is 1390. The normalized spacial score (nSPS) is 14.1. The topological polar surface area (TPSA) is 113 Å². The van der Waals surface area contributed by atoms with Gasteiger partial charge in [0.1, 0.15) is 28.9 Å². The monoisotopic (exact) mass is 514 g/mol. The quantitative estimate of drug-likeness (QED) is 0.208. The summed E-state index contributed by atoms with van der Waals surface area (Å²) >= 11 is 0. The minimum atomic E-state index is -0.544. The zero-order chi connectivity index (χ0) is 27.1. The van der Waals surface area contributed by atoms with Gasteiger partial charge in [-0.2, -0.15) is 5.26 Å². The van der Waals surface area contributed by atoms with Gasteiger partial charge in [-0.15, -0.1) is 0 Å². The molecular formula is C30H30N2O6. The Morgan fingerprint density at radius 3 is 2.61 bits per heavy atom. The summed E-state index contributed by atoms with van der Waals surface area (Å²) in [5.74, 6) is 1.39. The highest BCUT2D eigenvalue weighted by atomic mass is 16.5. The summed E-state index contributed by atoms with van der Waals surface area (Å²) in [6.07, 6.45) is 1.95. The Morgan fingerprint density at radius 1 is 1.03 bits per heavy atom. The fourth-order valence-corrected chi connectivity index (χ4v) is 4.18. The fourth-order valence-electron chi connectivity index (χ4n) is 4.18. The molecule has 0 aromatic heterocycles. The highest BCUT2D eigenvalue weighted by Gasteiger charge is 2.32. The largest absolute Gasteiger partial charge is 0.497 e. The van der Waals surface area contributed by atoms with E-state index >= 15 is 0 Å². The van der Waals surface area contributed by atoms with Crippen molar-refractivity contribution in [1.82, 2.24) is 0 Å². The number of rotatable bonds is 10. The van der Waals surface area contributed by atoms with Gasteiger partial charge in [0.2, 0.25) is 5.88 Å². The van der Waals surface area contributed by atoms with Gasteiger partial charge < -0.3 is 29.4 Å². The number of carbonyl (C=O) groups excluding carboxylic acids is 1. The van der Waals surface area contributed by atoms with Crippen LogP contribution >= 0.6 is 0 Å². The van der Waals surface area contributed by atoms with Crippen molar-refractivity contribution in [3.63, 3.8) is 0 Å². The van der Waals surface area contributed by atoms with Crippen molar-refractivity contribution in [3.05, 3.63) is 88.8 Å². The summed E-state index contributed by atoms with van der Waals surface area (Å²) in [5.41, 5.74) is 8.29. The Balaban J connectivity index is 1.66. The molecule has 1 unspecified atom stereocenters. The molecule has 0 spiro atoms. The molecule has 1 atom stereocenters. The first-order chi connectivity index (χ1) is 18.5. The van der Waals surface area contributed by atoms with Crippen LogP contribution in [0.5, 0.6) is 28.7 Å². The lowest BCUT2D eigenvalue weighted by Crippen LogP contribution is -2.21. The number of methoxy groups -OCH3 is 1. The Kier molecular flexibility index (Phi) is 8.39. The molecule has 0 bridgehead atoms. The lowest BCUT2D eigenvalue weighted by atomic mass is 9.83. The van der Waals surface area contributed by atoms with Gasteiger partial charge >= 0.3 is 5.97 Å². The first-order valence-corrected chi connectivity index (χ1v) is 12.5. The molecule has 3 aromatic rings. The number of hydrogen-bond acceptors (Lipinski definition) is 8. The molecule has 8 nitrogen and oxygen atoms in total. The number of carbonyl (C=O) groups is 1. The van der Waals surface area contributed by atoms with Crippen molar-refractivity contribution < 1.29 is 28.5 Å². The van der Waals surface area contributed by atoms with Crippen LogP contribution in [-0.2, 0) is 0 Å². The first-order valence-electron chi connectivity index (χ1n) is 12.5. The van der Waals surface area contributed by atoms with Crippen molar-refractivity contribution >= 4 is 5.97 Å². The van der Waals surface area contributed by atoms with Gasteiger partial charge in [-0.3, -0.25) is 0 Å². The molecule has 1 aliphatic heterocycles. The van der Waals surface area contributed by atoms with Crippen LogP contribution in [0, 0.1) is 11.3 Å². The summed E-state index contributed by atoms with van der Waals surface area (Å²) in [4.78, 5) is 12.7. The first kappa shape index (κ1) is 26.4. The minimum Gasteiger partial charge on any atom is -0.497 e. The molecule has 196 valence electrons. The molecule has 1 heterocycles. The highest BCUT2D eigenvalue weighted by Crippen LogP contribution is 2.45. The van der Waals surface area contributed by atoms with Gasteiger partial charge in [0, 0.05) is 11.6 Å². The molecule has 1 aliphatic rings. The zero-order valence-corrected chi connectivity index (χ0v) is 21.7. The van der Waals surface area contributed by atoms with Crippen molar-refractivity contribution in [2.24, 2.45) is 5.73 Å². The van der Waals surface area contributed by atoms with Gasteiger partial charge in [0.25, 0.3) is 0 Å². The van der Waals surface area contributed by atoms with Gasteiger partial charge in [-0.25, -0.2) is 4.79 Å². The lowest BCUT2D eigenvalue weighted by Gasteiger charge is -2.27. The second-order valence-electron chi connectivity index (χ2n) is 8.59. The fraction of sp³-hybridized carbons (Fsp3) is 0.267. The molecule has 0 fully saturated rings. The molecule has 8 heteroatoms. The van der Waals surface area contributed by atoms with Gasteiger partial charge in [-0.05, 0) is 55.3 Å². The summed E-state index contributed by atoms with van der Waals surface area (Å²) in [5, 5.41) is 9.93. The van der Waals surface area contributed by atoms with E-state index in [-0.39, 0.29) is 17.2 Å². The van der Waals surface area contributed by atoms with E-state index in [9.17, 15) is 10.1 Å². The van der Waals surface area contributed by atoms with E-state index in [2.05, 4.69) is 13.0 Å². The zero-order valence-electron chi connectivity index (χ0n) is 21.7. The number of unbranched alkanes of at least 4 members (excludes halogenated alkanes) is 1. The van der Waals surface area contributed by atoms with E-state index in [1.54, 1.807) is 42.5 Å². The van der Waals surface area contributed by atoms with Crippen LogP contribution in [0.3, 0.4) is 0 Å². The molecule has 0 saturated heterocycles. The van der Waals surface area contributed by atoms with Crippen molar-refractivity contribution in [1.29, 1.82) is 5.26 Å². The number of nitrogens with zero attached hydrogens (tertiary/aromatic N) is 1. The smallest absolute Gasteiger partial charge is 0.343 e. The SMILES string of the molecule is CCCCOc1ccc(C2C(C#N)=C(N)Oc3cc(OC(=O)c4cccc(OC)c4)ccc32)cc1OCC. The highest BCUT2D eigenvalue weighted by molar-refractivity contribution is 5.91. The third kappa shape index (κ3) is 5.68. The average molecular weight is 515 g/mol. The molecule has 0 radical (unpaired) electrons. The molecule has 0 saturated carbocycles. The van der Waals surface area contributed by atoms with Gasteiger partial charge in [0.05, 0.1) is 31.8 Å². The Morgan fingerprint density at radius 2 is 1.87 bits per heavy atom. The number of hydrogen-bond donors (Lipinski definition) is 1. The van der Waals surface area contributed by atoms with Crippen LogP contribution in [0.15, 0.2) is 72.1 Å². The molecule has 0 amide bonds. The molecule has 0 aliphatic carbocycles. The van der Waals surface area contributed by atoms with Crippen LogP contribution in [0.1, 0.15) is 54.1 Å². The Labute approximate surface area is 222 Å². The van der Waals surface area contributed by atoms with E-state index in [4.69, 9.17) is 29.4 Å². The van der Waals surface area contributed by atoms with Crippen molar-refractivity contribution in [3.8, 4) is 34.8 Å². The summed E-state index contributed by atoms with van der Waals surface area (Å²) in [6.45, 7) is 5.05. The number of nitrogens with two attached hydrogens (primary N) is 1. The van der Waals surface area contributed by atoms with E-state index in [1.807, 2.05) is 25.1 Å². The summed E-state index contributed by atoms with van der Waals surface area (Å²) < 4.78 is 28.3. The third-order valence-electron chi connectivity index (χ3n) is 6.06. The van der Waals surface area contributed by atoms with Crippen LogP contribution < -0.4 is 29.4 Å². The predicted octanol–water partition coefficient (Wildman–Crippen LogP) is 5.71. The van der Waals surface area contributed by atoms with Gasteiger partial charge in [0.15, 0.2) is 11.5 Å². The van der Waals surface area contributed by atoms with E-state index in [0.29, 0.717) is 47.3 Å². The van der Waals surface area contributed by atoms with E-state index in [0.717, 1.165) is 18.4 Å². The van der Waals surface area contributed by atoms with Crippen molar-refractivity contribution in [2.45, 2.75) is 32.6 Å². The van der Waals surface area contributed by atoms with Crippen LogP contribution in [0.25, 0.3) is 0 Å². The maximum absolute atomic E-state index is 12.7. The second kappa shape index (κ2) is 12.1. The molecule has 3 aromatic carbocycles. The number of benzene rings is 3. The standard InChI is InChI=1S/C30H30N2O6/c1-4-6-14-36-25-13-10-19(16-27(25)35-5-2)28-23-12-11-22(17-26(23)38-29(32)24(28)18-31)37-30(33)20-8-7-9-21(15-20)34-3/h7-13,15-17,28H,4-6,14,32H2,1-3H3. The van der Waals surface area contributed by atoms with E-state index < -0.39 is 11.9 Å². The van der Waals surface area contributed by atoms with Gasteiger partial charge in [-0.1, -0.05) is 31.5 Å². The van der Waals surface area contributed by atoms with E-state index in [1.165, 1.54) is 7.11 Å². The maximum Gasteiger partial charge on any atom is 0.343 e. The molecule has 2 N–H and O–H groups in total.